The third-order valence-corrected chi connectivity index (χ3v) is 5.14. The maximum Gasteiger partial charge on any atom is 0.266 e. The Morgan fingerprint density at radius 1 is 1.19 bits per heavy atom. The molecule has 1 atom stereocenters. The van der Waals surface area contributed by atoms with Gasteiger partial charge >= 0.3 is 0 Å². The summed E-state index contributed by atoms with van der Waals surface area (Å²) in [6, 6.07) is 7.04. The minimum atomic E-state index is -0.111. The second-order valence-corrected chi connectivity index (χ2v) is 7.07. The Balaban J connectivity index is 1.39. The van der Waals surface area contributed by atoms with Crippen molar-refractivity contribution in [3.8, 4) is 11.3 Å². The first-order valence-electron chi connectivity index (χ1n) is 9.13. The van der Waals surface area contributed by atoms with Gasteiger partial charge in [-0.1, -0.05) is 12.2 Å². The zero-order valence-electron chi connectivity index (χ0n) is 14.6. The van der Waals surface area contributed by atoms with Gasteiger partial charge in [0.15, 0.2) is 0 Å². The molecule has 0 saturated carbocycles. The van der Waals surface area contributed by atoms with Crippen LogP contribution in [-0.4, -0.2) is 38.7 Å². The van der Waals surface area contributed by atoms with Crippen molar-refractivity contribution in [2.24, 2.45) is 11.8 Å². The fourth-order valence-corrected chi connectivity index (χ4v) is 3.63. The van der Waals surface area contributed by atoms with Crippen LogP contribution < -0.4 is 5.56 Å². The average molecular weight is 350 g/mol. The summed E-state index contributed by atoms with van der Waals surface area (Å²) in [5, 5.41) is 4.48. The molecule has 1 aliphatic heterocycles. The number of pyridine rings is 1. The van der Waals surface area contributed by atoms with Crippen LogP contribution in [0.1, 0.15) is 19.3 Å². The molecule has 2 aromatic heterocycles. The van der Waals surface area contributed by atoms with Gasteiger partial charge in [0.1, 0.15) is 0 Å². The minimum Gasteiger partial charge on any atom is -0.342 e. The smallest absolute Gasteiger partial charge is 0.266 e. The number of carbonyl (C=O) groups is 1. The molecule has 0 spiro atoms. The van der Waals surface area contributed by atoms with Crippen molar-refractivity contribution in [1.29, 1.82) is 0 Å². The first-order chi connectivity index (χ1) is 12.7. The zero-order chi connectivity index (χ0) is 17.9. The van der Waals surface area contributed by atoms with Gasteiger partial charge in [-0.05, 0) is 37.5 Å². The highest BCUT2D eigenvalue weighted by Crippen LogP contribution is 2.25. The first-order valence-corrected chi connectivity index (χ1v) is 9.13. The number of hydrogen-bond acceptors (Lipinski definition) is 4. The van der Waals surface area contributed by atoms with Crippen molar-refractivity contribution in [1.82, 2.24) is 19.7 Å². The van der Waals surface area contributed by atoms with Crippen LogP contribution in [0, 0.1) is 11.8 Å². The molecule has 4 rings (SSSR count). The highest BCUT2D eigenvalue weighted by atomic mass is 16.2. The van der Waals surface area contributed by atoms with Crippen molar-refractivity contribution in [2.75, 3.05) is 13.1 Å². The second kappa shape index (κ2) is 7.23. The quantitative estimate of drug-likeness (QED) is 0.792. The Morgan fingerprint density at radius 3 is 2.81 bits per heavy atom. The van der Waals surface area contributed by atoms with Gasteiger partial charge in [0.25, 0.3) is 5.56 Å². The Bertz CT molecular complexity index is 869. The van der Waals surface area contributed by atoms with Crippen molar-refractivity contribution in [3.63, 3.8) is 0 Å². The molecular formula is C20H22N4O2. The highest BCUT2D eigenvalue weighted by Gasteiger charge is 2.34. The molecule has 1 saturated heterocycles. The molecule has 26 heavy (non-hydrogen) atoms. The summed E-state index contributed by atoms with van der Waals surface area (Å²) < 4.78 is 1.51. The number of carbonyl (C=O) groups excluding carboxylic acids is 1. The number of amides is 1. The lowest BCUT2D eigenvalue weighted by atomic mass is 9.90. The highest BCUT2D eigenvalue weighted by molar-refractivity contribution is 5.80. The van der Waals surface area contributed by atoms with Gasteiger partial charge in [0.05, 0.1) is 12.2 Å². The molecule has 1 aliphatic carbocycles. The number of nitrogens with zero attached hydrogens (tertiary/aromatic N) is 4. The van der Waals surface area contributed by atoms with E-state index < -0.39 is 0 Å². The molecule has 1 amide bonds. The first kappa shape index (κ1) is 16.7. The maximum atomic E-state index is 12.5. The largest absolute Gasteiger partial charge is 0.342 e. The van der Waals surface area contributed by atoms with Crippen LogP contribution in [-0.2, 0) is 11.3 Å². The number of likely N-dealkylation sites (tertiary alicyclic amines) is 1. The van der Waals surface area contributed by atoms with Crippen LogP contribution in [0.25, 0.3) is 11.3 Å². The van der Waals surface area contributed by atoms with E-state index in [9.17, 15) is 9.59 Å². The molecular weight excluding hydrogens is 328 g/mol. The molecule has 0 bridgehead atoms. The van der Waals surface area contributed by atoms with Crippen LogP contribution in [0.4, 0.5) is 0 Å². The molecule has 0 N–H and O–H groups in total. The molecule has 3 heterocycles. The molecule has 134 valence electrons. The molecule has 2 aromatic rings. The summed E-state index contributed by atoms with van der Waals surface area (Å²) in [6.07, 6.45) is 10.5. The van der Waals surface area contributed by atoms with Crippen LogP contribution in [0.15, 0.2) is 53.6 Å². The van der Waals surface area contributed by atoms with Crippen LogP contribution in [0.3, 0.4) is 0 Å². The van der Waals surface area contributed by atoms with E-state index in [0.717, 1.165) is 30.5 Å². The predicted octanol–water partition coefficient (Wildman–Crippen LogP) is 2.12. The van der Waals surface area contributed by atoms with Gasteiger partial charge in [-0.15, -0.1) is 0 Å². The molecule has 0 aromatic carbocycles. The normalized spacial score (nSPS) is 20.0. The van der Waals surface area contributed by atoms with Gasteiger partial charge in [-0.3, -0.25) is 14.6 Å². The van der Waals surface area contributed by atoms with E-state index in [1.54, 1.807) is 24.5 Å². The fourth-order valence-electron chi connectivity index (χ4n) is 3.63. The molecule has 1 fully saturated rings. The lowest BCUT2D eigenvalue weighted by Gasteiger charge is -2.41. The van der Waals surface area contributed by atoms with E-state index in [2.05, 4.69) is 22.2 Å². The Labute approximate surface area is 152 Å². The van der Waals surface area contributed by atoms with E-state index >= 15 is 0 Å². The molecule has 6 nitrogen and oxygen atoms in total. The fraction of sp³-hybridized carbons (Fsp3) is 0.400. The predicted molar refractivity (Wildman–Crippen MR) is 98.3 cm³/mol. The lowest BCUT2D eigenvalue weighted by molar-refractivity contribution is -0.142. The van der Waals surface area contributed by atoms with Gasteiger partial charge < -0.3 is 4.90 Å². The maximum absolute atomic E-state index is 12.5. The topological polar surface area (TPSA) is 68.1 Å². The van der Waals surface area contributed by atoms with E-state index in [1.165, 1.54) is 4.68 Å². The Hall–Kier alpha value is -2.76. The standard InChI is InChI=1S/C20H22N4O2/c25-19-9-8-18(17-7-4-10-21-11-17)22-24(19)14-15-12-23(13-15)20(26)16-5-2-1-3-6-16/h1-2,4,7-11,15-16H,3,5-6,12-14H2. The van der Waals surface area contributed by atoms with Crippen molar-refractivity contribution in [3.05, 3.63) is 59.2 Å². The Morgan fingerprint density at radius 2 is 2.08 bits per heavy atom. The van der Waals surface area contributed by atoms with E-state index in [1.807, 2.05) is 17.0 Å². The van der Waals surface area contributed by atoms with Crippen LogP contribution in [0.2, 0.25) is 0 Å². The summed E-state index contributed by atoms with van der Waals surface area (Å²) in [4.78, 5) is 30.6. The van der Waals surface area contributed by atoms with Crippen LogP contribution >= 0.6 is 0 Å². The van der Waals surface area contributed by atoms with Crippen molar-refractivity contribution < 1.29 is 4.79 Å². The molecule has 6 heteroatoms. The summed E-state index contributed by atoms with van der Waals surface area (Å²) in [5.41, 5.74) is 1.51. The second-order valence-electron chi connectivity index (χ2n) is 7.07. The van der Waals surface area contributed by atoms with Crippen molar-refractivity contribution >= 4 is 5.91 Å². The average Bonchev–Trinajstić information content (AvgIpc) is 2.66. The number of allylic oxidation sites excluding steroid dienone is 2. The van der Waals surface area contributed by atoms with E-state index in [0.29, 0.717) is 19.6 Å². The summed E-state index contributed by atoms with van der Waals surface area (Å²) in [6.45, 7) is 1.97. The van der Waals surface area contributed by atoms with E-state index in [4.69, 9.17) is 0 Å². The third-order valence-electron chi connectivity index (χ3n) is 5.14. The Kier molecular flexibility index (Phi) is 4.65. The lowest BCUT2D eigenvalue weighted by Crippen LogP contribution is -2.54. The summed E-state index contributed by atoms with van der Waals surface area (Å²) >= 11 is 0. The SMILES string of the molecule is O=C(C1CC=CCC1)N1CC(Cn2nc(-c3cccnc3)ccc2=O)C1. The minimum absolute atomic E-state index is 0.111. The summed E-state index contributed by atoms with van der Waals surface area (Å²) in [5.74, 6) is 0.679. The van der Waals surface area contributed by atoms with Gasteiger partial charge in [-0.25, -0.2) is 4.68 Å². The summed E-state index contributed by atoms with van der Waals surface area (Å²) in [7, 11) is 0. The van der Waals surface area contributed by atoms with Gasteiger partial charge in [-0.2, -0.15) is 5.10 Å². The van der Waals surface area contributed by atoms with Crippen LogP contribution in [0.5, 0.6) is 0 Å². The van der Waals surface area contributed by atoms with Crippen molar-refractivity contribution in [2.45, 2.75) is 25.8 Å². The molecule has 0 radical (unpaired) electrons. The molecule has 2 aliphatic rings. The monoisotopic (exact) mass is 350 g/mol. The van der Waals surface area contributed by atoms with E-state index in [-0.39, 0.29) is 23.3 Å². The number of rotatable bonds is 4. The van der Waals surface area contributed by atoms with Gasteiger partial charge in [0, 0.05) is 48.9 Å². The zero-order valence-corrected chi connectivity index (χ0v) is 14.6. The molecule has 1 unspecified atom stereocenters. The number of hydrogen-bond donors (Lipinski definition) is 0. The third kappa shape index (κ3) is 3.45. The number of aromatic nitrogens is 3. The van der Waals surface area contributed by atoms with Gasteiger partial charge in [0.2, 0.25) is 5.91 Å².